The highest BCUT2D eigenvalue weighted by molar-refractivity contribution is 5.94. The van der Waals surface area contributed by atoms with E-state index in [0.717, 1.165) is 31.4 Å². The monoisotopic (exact) mass is 513 g/mol. The molecule has 0 aromatic heterocycles. The molecule has 204 valence electrons. The van der Waals surface area contributed by atoms with Crippen LogP contribution in [0.2, 0.25) is 0 Å². The average molecular weight is 514 g/mol. The van der Waals surface area contributed by atoms with Crippen molar-refractivity contribution < 1.29 is 19.5 Å². The minimum absolute atomic E-state index is 0.0508. The molecule has 1 heterocycles. The fourth-order valence-electron chi connectivity index (χ4n) is 6.08. The first-order valence-corrected chi connectivity index (χ1v) is 13.7. The summed E-state index contributed by atoms with van der Waals surface area (Å²) >= 11 is 0. The molecular weight excluding hydrogens is 470 g/mol. The Bertz CT molecular complexity index is 900. The summed E-state index contributed by atoms with van der Waals surface area (Å²) in [7, 11) is 0. The van der Waals surface area contributed by atoms with Gasteiger partial charge in [-0.25, -0.2) is 0 Å². The number of benzene rings is 1. The molecule has 1 unspecified atom stereocenters. The predicted molar refractivity (Wildman–Crippen MR) is 143 cm³/mol. The maximum atomic E-state index is 13.2. The summed E-state index contributed by atoms with van der Waals surface area (Å²) in [5.41, 5.74) is 6.95. The third-order valence-corrected chi connectivity index (χ3v) is 8.04. The van der Waals surface area contributed by atoms with E-state index in [0.29, 0.717) is 36.4 Å². The van der Waals surface area contributed by atoms with Gasteiger partial charge in [-0.2, -0.15) is 0 Å². The Morgan fingerprint density at radius 3 is 2.38 bits per heavy atom. The highest BCUT2D eigenvalue weighted by Gasteiger charge is 2.40. The first-order valence-electron chi connectivity index (χ1n) is 13.7. The molecule has 1 aliphatic heterocycles. The van der Waals surface area contributed by atoms with E-state index in [2.05, 4.69) is 15.5 Å². The van der Waals surface area contributed by atoms with Crippen molar-refractivity contribution in [3.63, 3.8) is 0 Å². The molecule has 6 N–H and O–H groups in total. The number of rotatable bonds is 10. The van der Waals surface area contributed by atoms with Gasteiger partial charge in [0.05, 0.1) is 12.6 Å². The van der Waals surface area contributed by atoms with Gasteiger partial charge in [0, 0.05) is 24.7 Å². The molecule has 4 rings (SSSR count). The summed E-state index contributed by atoms with van der Waals surface area (Å²) < 4.78 is 0. The zero-order valence-electron chi connectivity index (χ0n) is 21.8. The molecule has 0 bridgehead atoms. The van der Waals surface area contributed by atoms with Crippen LogP contribution in [0.3, 0.4) is 0 Å². The number of carbonyl (C=O) groups excluding carboxylic acids is 2. The lowest BCUT2D eigenvalue weighted by molar-refractivity contribution is -0.138. The summed E-state index contributed by atoms with van der Waals surface area (Å²) in [4.78, 5) is 36.2. The van der Waals surface area contributed by atoms with Gasteiger partial charge in [-0.3, -0.25) is 25.1 Å². The van der Waals surface area contributed by atoms with E-state index >= 15 is 0 Å². The molecule has 0 radical (unpaired) electrons. The van der Waals surface area contributed by atoms with Crippen molar-refractivity contribution in [1.29, 1.82) is 5.41 Å². The number of nitrogens with one attached hydrogen (secondary N) is 3. The zero-order chi connectivity index (χ0) is 26.6. The number of nitrogen functional groups attached to an aromatic ring is 1. The Hall–Kier alpha value is -2.94. The highest BCUT2D eigenvalue weighted by atomic mass is 16.4. The summed E-state index contributed by atoms with van der Waals surface area (Å²) in [6.07, 6.45) is 13.7. The van der Waals surface area contributed by atoms with Crippen LogP contribution in [0.15, 0.2) is 24.3 Å². The Balaban J connectivity index is 0.000000248. The summed E-state index contributed by atoms with van der Waals surface area (Å²) in [5.74, 6) is 0.579. The third kappa shape index (κ3) is 8.84. The standard InChI is InChI=1S/C19H32N2O3.C9H11N3O/c22-18(23)13-20-16(12-14-6-2-1-3-7-14)19(24)21-11-10-15-8-4-5-9-17(15)21;10-9(11)8-3-1-7(2-4-8)5-12-6-13/h14-17,20H,1-13H2,(H,22,23);1-4,6H,5H2,(H3,10,11)(H,12,13)/t15-,16?,17-;/m0./s1. The predicted octanol–water partition coefficient (Wildman–Crippen LogP) is 3.01. The molecular formula is C28H43N5O4. The number of aliphatic carboxylic acids is 1. The van der Waals surface area contributed by atoms with Gasteiger partial charge in [-0.1, -0.05) is 69.2 Å². The number of hydrogen-bond donors (Lipinski definition) is 5. The molecule has 37 heavy (non-hydrogen) atoms. The van der Waals surface area contributed by atoms with E-state index in [4.69, 9.17) is 16.2 Å². The lowest BCUT2D eigenvalue weighted by Crippen LogP contribution is -2.51. The maximum Gasteiger partial charge on any atom is 0.317 e. The number of amidine groups is 1. The second kappa shape index (κ2) is 14.7. The second-order valence-electron chi connectivity index (χ2n) is 10.6. The molecule has 1 aromatic rings. The number of likely N-dealkylation sites (tertiary alicyclic amines) is 1. The van der Waals surface area contributed by atoms with Crippen LogP contribution < -0.4 is 16.4 Å². The third-order valence-electron chi connectivity index (χ3n) is 8.04. The molecule has 2 saturated carbocycles. The van der Waals surface area contributed by atoms with E-state index < -0.39 is 5.97 Å². The molecule has 2 aliphatic carbocycles. The van der Waals surface area contributed by atoms with Gasteiger partial charge in [0.1, 0.15) is 5.84 Å². The van der Waals surface area contributed by atoms with Gasteiger partial charge in [-0.05, 0) is 43.1 Å². The van der Waals surface area contributed by atoms with Crippen LogP contribution in [-0.4, -0.2) is 59.3 Å². The van der Waals surface area contributed by atoms with Crippen LogP contribution in [-0.2, 0) is 20.9 Å². The van der Waals surface area contributed by atoms with Crippen molar-refractivity contribution in [1.82, 2.24) is 15.5 Å². The van der Waals surface area contributed by atoms with E-state index in [1.165, 1.54) is 51.4 Å². The van der Waals surface area contributed by atoms with Gasteiger partial charge in [0.2, 0.25) is 12.3 Å². The van der Waals surface area contributed by atoms with Gasteiger partial charge in [0.15, 0.2) is 0 Å². The molecule has 3 atom stereocenters. The fraction of sp³-hybridized carbons (Fsp3) is 0.643. The largest absolute Gasteiger partial charge is 0.480 e. The average Bonchev–Trinajstić information content (AvgIpc) is 3.35. The van der Waals surface area contributed by atoms with Crippen LogP contribution in [0.25, 0.3) is 0 Å². The van der Waals surface area contributed by atoms with Crippen molar-refractivity contribution in [2.45, 2.75) is 89.3 Å². The number of nitrogens with zero attached hydrogens (tertiary/aromatic N) is 1. The van der Waals surface area contributed by atoms with Gasteiger partial charge in [-0.15, -0.1) is 0 Å². The number of fused-ring (bicyclic) bond motifs is 1. The molecule has 3 aliphatic rings. The summed E-state index contributed by atoms with van der Waals surface area (Å²) in [5, 5.41) is 21.8. The number of carboxylic acid groups (broad SMARTS) is 1. The van der Waals surface area contributed by atoms with Crippen molar-refractivity contribution in [3.05, 3.63) is 35.4 Å². The molecule has 1 aromatic carbocycles. The number of nitrogens with two attached hydrogens (primary N) is 1. The SMILES string of the molecule is N=C(N)c1ccc(CNC=O)cc1.O=C(O)CNC(CC1CCCCC1)C(=O)N1CC[C@@H]2CCCC[C@@H]21. The molecule has 9 heteroatoms. The van der Waals surface area contributed by atoms with Crippen molar-refractivity contribution in [2.24, 2.45) is 17.6 Å². The van der Waals surface area contributed by atoms with E-state index in [-0.39, 0.29) is 24.3 Å². The van der Waals surface area contributed by atoms with Gasteiger partial charge < -0.3 is 21.1 Å². The molecule has 9 nitrogen and oxygen atoms in total. The van der Waals surface area contributed by atoms with Crippen LogP contribution in [0.1, 0.15) is 81.8 Å². The smallest absolute Gasteiger partial charge is 0.317 e. The minimum Gasteiger partial charge on any atom is -0.480 e. The fourth-order valence-corrected chi connectivity index (χ4v) is 6.08. The van der Waals surface area contributed by atoms with Crippen LogP contribution in [0.4, 0.5) is 0 Å². The van der Waals surface area contributed by atoms with Crippen molar-refractivity contribution in [3.8, 4) is 0 Å². The van der Waals surface area contributed by atoms with Crippen molar-refractivity contribution in [2.75, 3.05) is 13.1 Å². The van der Waals surface area contributed by atoms with E-state index in [9.17, 15) is 14.4 Å². The Labute approximate surface area is 220 Å². The first-order chi connectivity index (χ1) is 17.9. The van der Waals surface area contributed by atoms with E-state index in [1.54, 1.807) is 12.1 Å². The molecule has 3 fully saturated rings. The van der Waals surface area contributed by atoms with Gasteiger partial charge in [0.25, 0.3) is 0 Å². The van der Waals surface area contributed by atoms with Gasteiger partial charge >= 0.3 is 5.97 Å². The number of carbonyl (C=O) groups is 3. The number of amides is 2. The Morgan fingerprint density at radius 1 is 1.05 bits per heavy atom. The Morgan fingerprint density at radius 2 is 1.73 bits per heavy atom. The highest BCUT2D eigenvalue weighted by Crippen LogP contribution is 2.37. The molecule has 1 saturated heterocycles. The normalized spacial score (nSPS) is 22.2. The topological polar surface area (TPSA) is 149 Å². The van der Waals surface area contributed by atoms with Crippen molar-refractivity contribution >= 4 is 24.1 Å². The summed E-state index contributed by atoms with van der Waals surface area (Å²) in [6.45, 7) is 1.25. The molecule has 0 spiro atoms. The quantitative estimate of drug-likeness (QED) is 0.184. The lowest BCUT2D eigenvalue weighted by Gasteiger charge is -2.35. The second-order valence-corrected chi connectivity index (χ2v) is 10.6. The lowest BCUT2D eigenvalue weighted by atomic mass is 9.83. The molecule has 2 amide bonds. The number of hydrogen-bond acceptors (Lipinski definition) is 5. The first kappa shape index (κ1) is 28.6. The zero-order valence-corrected chi connectivity index (χ0v) is 21.8. The van der Waals surface area contributed by atoms with Crippen LogP contribution in [0.5, 0.6) is 0 Å². The van der Waals surface area contributed by atoms with E-state index in [1.807, 2.05) is 12.1 Å². The van der Waals surface area contributed by atoms with Crippen LogP contribution >= 0.6 is 0 Å². The van der Waals surface area contributed by atoms with Crippen LogP contribution in [0, 0.1) is 17.2 Å². The Kier molecular flexibility index (Phi) is 11.4. The number of carboxylic acids is 1. The summed E-state index contributed by atoms with van der Waals surface area (Å²) in [6, 6.07) is 7.26. The maximum absolute atomic E-state index is 13.2. The minimum atomic E-state index is -0.881.